The van der Waals surface area contributed by atoms with E-state index < -0.39 is 0 Å². The lowest BCUT2D eigenvalue weighted by atomic mass is 10.0. The summed E-state index contributed by atoms with van der Waals surface area (Å²) in [6, 6.07) is 6.26. The second-order valence-electron chi connectivity index (χ2n) is 3.59. The standard InChI is InChI=1S/C10H15N.2C2H4Cl2/c1-3-8-6-5-7-9(4-2)10(8)11;1-2(3)4;3-1-2-4/h5-7H,3-4,11H2,1-2H3;2H,1H3;1-2H2. The van der Waals surface area contributed by atoms with Crippen LogP contribution in [0.1, 0.15) is 31.9 Å². The van der Waals surface area contributed by atoms with Gasteiger partial charge in [-0.1, -0.05) is 32.0 Å². The van der Waals surface area contributed by atoms with Crippen LogP contribution in [-0.2, 0) is 12.8 Å². The molecule has 1 aromatic carbocycles. The summed E-state index contributed by atoms with van der Waals surface area (Å²) < 4.78 is 0. The number of halogens is 4. The highest BCUT2D eigenvalue weighted by Gasteiger charge is 1.99. The first-order chi connectivity index (χ1) is 8.94. The lowest BCUT2D eigenvalue weighted by molar-refractivity contribution is 1.09. The van der Waals surface area contributed by atoms with Crippen molar-refractivity contribution in [3.8, 4) is 0 Å². The maximum absolute atomic E-state index is 5.90. The first-order valence-electron chi connectivity index (χ1n) is 6.20. The van der Waals surface area contributed by atoms with Gasteiger partial charge in [0.2, 0.25) is 0 Å². The number of nitrogens with two attached hydrogens (primary N) is 1. The van der Waals surface area contributed by atoms with Crippen LogP contribution in [0.15, 0.2) is 18.2 Å². The van der Waals surface area contributed by atoms with E-state index in [2.05, 4.69) is 32.0 Å². The van der Waals surface area contributed by atoms with Crippen LogP contribution in [0.2, 0.25) is 0 Å². The highest BCUT2D eigenvalue weighted by molar-refractivity contribution is 6.43. The molecule has 0 fully saturated rings. The quantitative estimate of drug-likeness (QED) is 0.553. The van der Waals surface area contributed by atoms with Crippen LogP contribution in [0.4, 0.5) is 5.69 Å². The lowest BCUT2D eigenvalue weighted by Crippen LogP contribution is -1.97. The van der Waals surface area contributed by atoms with Crippen molar-refractivity contribution in [2.45, 2.75) is 38.4 Å². The van der Waals surface area contributed by atoms with Gasteiger partial charge >= 0.3 is 0 Å². The van der Waals surface area contributed by atoms with E-state index >= 15 is 0 Å². The number of rotatable bonds is 3. The molecular weight excluding hydrogens is 324 g/mol. The van der Waals surface area contributed by atoms with Gasteiger partial charge in [0.05, 0.1) is 0 Å². The molecule has 1 aromatic rings. The summed E-state index contributed by atoms with van der Waals surface area (Å²) in [5.41, 5.74) is 9.42. The summed E-state index contributed by atoms with van der Waals surface area (Å²) in [6.45, 7) is 5.96. The van der Waals surface area contributed by atoms with Gasteiger partial charge in [0.15, 0.2) is 0 Å². The SMILES string of the molecule is CC(Cl)Cl.CCc1cccc(CC)c1N.ClCCCl. The van der Waals surface area contributed by atoms with Gasteiger partial charge in [0.25, 0.3) is 0 Å². The Morgan fingerprint density at radius 2 is 1.32 bits per heavy atom. The normalized spacial score (nSPS) is 9.26. The Balaban J connectivity index is 0. The Labute approximate surface area is 137 Å². The van der Waals surface area contributed by atoms with E-state index in [1.807, 2.05) is 0 Å². The van der Waals surface area contributed by atoms with Crippen LogP contribution in [0.3, 0.4) is 0 Å². The van der Waals surface area contributed by atoms with Crippen molar-refractivity contribution in [1.82, 2.24) is 0 Å². The molecule has 0 aliphatic carbocycles. The molecule has 0 aliphatic heterocycles. The molecule has 1 rings (SSSR count). The van der Waals surface area contributed by atoms with E-state index in [9.17, 15) is 0 Å². The molecule has 1 nitrogen and oxygen atoms in total. The predicted octanol–water partition coefficient (Wildman–Crippen LogP) is 5.67. The minimum atomic E-state index is -0.222. The largest absolute Gasteiger partial charge is 0.398 e. The molecule has 0 atom stereocenters. The Bertz CT molecular complexity index is 289. The van der Waals surface area contributed by atoms with Crippen LogP contribution >= 0.6 is 46.4 Å². The highest BCUT2D eigenvalue weighted by Crippen LogP contribution is 2.17. The first-order valence-corrected chi connectivity index (χ1v) is 8.14. The van der Waals surface area contributed by atoms with Crippen molar-refractivity contribution >= 4 is 52.1 Å². The third kappa shape index (κ3) is 12.9. The number of para-hydroxylation sites is 1. The molecule has 19 heavy (non-hydrogen) atoms. The zero-order chi connectivity index (χ0) is 15.3. The van der Waals surface area contributed by atoms with Crippen molar-refractivity contribution in [1.29, 1.82) is 0 Å². The Morgan fingerprint density at radius 1 is 1.00 bits per heavy atom. The van der Waals surface area contributed by atoms with E-state index in [1.54, 1.807) is 6.92 Å². The van der Waals surface area contributed by atoms with Crippen molar-refractivity contribution in [3.63, 3.8) is 0 Å². The fraction of sp³-hybridized carbons (Fsp3) is 0.571. The summed E-state index contributed by atoms with van der Waals surface area (Å²) in [7, 11) is 0. The highest BCUT2D eigenvalue weighted by atomic mass is 35.5. The molecule has 2 N–H and O–H groups in total. The number of nitrogen functional groups attached to an aromatic ring is 1. The van der Waals surface area contributed by atoms with Gasteiger partial charge < -0.3 is 5.73 Å². The average Bonchev–Trinajstić information content (AvgIpc) is 2.38. The topological polar surface area (TPSA) is 26.0 Å². The van der Waals surface area contributed by atoms with Crippen LogP contribution in [0.25, 0.3) is 0 Å². The smallest absolute Gasteiger partial charge is 0.105 e. The van der Waals surface area contributed by atoms with Gasteiger partial charge in [-0.3, -0.25) is 0 Å². The van der Waals surface area contributed by atoms with Gasteiger partial charge in [-0.25, -0.2) is 0 Å². The molecule has 0 aliphatic rings. The van der Waals surface area contributed by atoms with Gasteiger partial charge in [0, 0.05) is 17.4 Å². The van der Waals surface area contributed by atoms with Crippen molar-refractivity contribution in [2.24, 2.45) is 0 Å². The summed E-state index contributed by atoms with van der Waals surface area (Å²) in [4.78, 5) is -0.222. The molecule has 0 spiro atoms. The van der Waals surface area contributed by atoms with Gasteiger partial charge in [-0.15, -0.1) is 46.4 Å². The third-order valence-corrected chi connectivity index (χ3v) is 2.69. The maximum atomic E-state index is 5.90. The minimum Gasteiger partial charge on any atom is -0.398 e. The molecule has 5 heteroatoms. The van der Waals surface area contributed by atoms with E-state index in [0.29, 0.717) is 11.8 Å². The van der Waals surface area contributed by atoms with Crippen LogP contribution in [-0.4, -0.2) is 16.6 Å². The molecule has 112 valence electrons. The van der Waals surface area contributed by atoms with Gasteiger partial charge in [-0.05, 0) is 30.9 Å². The van der Waals surface area contributed by atoms with Crippen molar-refractivity contribution in [3.05, 3.63) is 29.3 Å². The zero-order valence-electron chi connectivity index (χ0n) is 11.7. The Morgan fingerprint density at radius 3 is 1.53 bits per heavy atom. The minimum absolute atomic E-state index is 0.222. The number of aryl methyl sites for hydroxylation is 2. The molecule has 0 amide bonds. The molecule has 0 saturated carbocycles. The fourth-order valence-corrected chi connectivity index (χ4v) is 1.28. The van der Waals surface area contributed by atoms with Crippen LogP contribution in [0.5, 0.6) is 0 Å². The summed E-state index contributed by atoms with van der Waals surface area (Å²) in [5, 5.41) is 0. The van der Waals surface area contributed by atoms with E-state index in [0.717, 1.165) is 18.5 Å². The van der Waals surface area contributed by atoms with E-state index in [4.69, 9.17) is 52.1 Å². The number of benzene rings is 1. The van der Waals surface area contributed by atoms with E-state index in [1.165, 1.54) is 11.1 Å². The first kappa shape index (κ1) is 21.5. The van der Waals surface area contributed by atoms with Crippen LogP contribution < -0.4 is 5.73 Å². The molecule has 0 unspecified atom stereocenters. The average molecular weight is 347 g/mol. The van der Waals surface area contributed by atoms with Crippen molar-refractivity contribution < 1.29 is 0 Å². The second-order valence-corrected chi connectivity index (χ2v) is 5.88. The summed E-state index contributed by atoms with van der Waals surface area (Å²) >= 11 is 20.2. The molecule has 0 bridgehead atoms. The zero-order valence-corrected chi connectivity index (χ0v) is 14.8. The van der Waals surface area contributed by atoms with Gasteiger partial charge in [0.1, 0.15) is 4.84 Å². The summed E-state index contributed by atoms with van der Waals surface area (Å²) in [6.07, 6.45) is 2.05. The number of hydrogen-bond acceptors (Lipinski definition) is 1. The number of alkyl halides is 4. The molecule has 0 aromatic heterocycles. The summed E-state index contributed by atoms with van der Waals surface area (Å²) in [5.74, 6) is 1.11. The Hall–Kier alpha value is 0.180. The third-order valence-electron chi connectivity index (χ3n) is 2.12. The molecular formula is C14H23Cl4N. The number of hydrogen-bond donors (Lipinski definition) is 1. The number of anilines is 1. The predicted molar refractivity (Wildman–Crippen MR) is 92.2 cm³/mol. The molecule has 0 radical (unpaired) electrons. The molecule has 0 heterocycles. The fourth-order valence-electron chi connectivity index (χ4n) is 1.28. The van der Waals surface area contributed by atoms with Crippen LogP contribution in [0, 0.1) is 0 Å². The Kier molecular flexibility index (Phi) is 16.5. The maximum Gasteiger partial charge on any atom is 0.105 e. The molecule has 0 saturated heterocycles. The van der Waals surface area contributed by atoms with Gasteiger partial charge in [-0.2, -0.15) is 0 Å². The lowest BCUT2D eigenvalue weighted by Gasteiger charge is -2.06. The monoisotopic (exact) mass is 345 g/mol. The van der Waals surface area contributed by atoms with E-state index in [-0.39, 0.29) is 4.84 Å². The second kappa shape index (κ2) is 14.6. The van der Waals surface area contributed by atoms with Crippen molar-refractivity contribution in [2.75, 3.05) is 17.5 Å².